The number of carbonyl (C=O) groups excluding carboxylic acids is 2. The van der Waals surface area contributed by atoms with E-state index >= 15 is 0 Å². The van der Waals surface area contributed by atoms with Gasteiger partial charge in [-0.05, 0) is 30.2 Å². The Morgan fingerprint density at radius 2 is 1.87 bits per heavy atom. The van der Waals surface area contributed by atoms with Gasteiger partial charge < -0.3 is 14.2 Å². The van der Waals surface area contributed by atoms with Crippen LogP contribution in [0.4, 0.5) is 0 Å². The summed E-state index contributed by atoms with van der Waals surface area (Å²) in [6, 6.07) is 5.03. The van der Waals surface area contributed by atoms with Gasteiger partial charge in [0.25, 0.3) is 5.79 Å². The third kappa shape index (κ3) is 4.48. The Labute approximate surface area is 140 Å². The van der Waals surface area contributed by atoms with Crippen LogP contribution in [0.25, 0.3) is 6.08 Å². The molecule has 1 aromatic rings. The third-order valence-corrected chi connectivity index (χ3v) is 3.43. The highest BCUT2D eigenvalue weighted by Gasteiger charge is 2.38. The first-order valence-electron chi connectivity index (χ1n) is 7.43. The van der Waals surface area contributed by atoms with Gasteiger partial charge in [-0.1, -0.05) is 31.0 Å². The summed E-state index contributed by atoms with van der Waals surface area (Å²) in [5.41, 5.74) is 0.418. The lowest BCUT2D eigenvalue weighted by molar-refractivity contribution is -0.222. The average molecular weight is 339 g/mol. The van der Waals surface area contributed by atoms with Crippen LogP contribution in [0, 0.1) is 0 Å². The summed E-state index contributed by atoms with van der Waals surface area (Å²) in [6.45, 7) is 5.66. The summed E-state index contributed by atoms with van der Waals surface area (Å²) in [5.74, 6) is -2.12. The molecule has 23 heavy (non-hydrogen) atoms. The van der Waals surface area contributed by atoms with E-state index in [1.54, 1.807) is 18.2 Å². The molecule has 0 aliphatic carbocycles. The Morgan fingerprint density at radius 3 is 2.43 bits per heavy atom. The molecule has 0 amide bonds. The SMILES string of the molecule is CCCCOc1ccc(C=C2C(=O)OC(C)(C)OC2=O)cc1Cl. The summed E-state index contributed by atoms with van der Waals surface area (Å²) in [7, 11) is 0. The average Bonchev–Trinajstić information content (AvgIpc) is 2.44. The van der Waals surface area contributed by atoms with E-state index < -0.39 is 17.7 Å². The van der Waals surface area contributed by atoms with Gasteiger partial charge in [-0.2, -0.15) is 0 Å². The zero-order valence-electron chi connectivity index (χ0n) is 13.3. The van der Waals surface area contributed by atoms with Gasteiger partial charge in [0, 0.05) is 13.8 Å². The van der Waals surface area contributed by atoms with Crippen LogP contribution in [-0.2, 0) is 19.1 Å². The number of hydrogen-bond donors (Lipinski definition) is 0. The molecule has 0 N–H and O–H groups in total. The topological polar surface area (TPSA) is 61.8 Å². The molecule has 1 aromatic carbocycles. The van der Waals surface area contributed by atoms with E-state index in [4.69, 9.17) is 25.8 Å². The van der Waals surface area contributed by atoms with Gasteiger partial charge in [-0.3, -0.25) is 0 Å². The highest BCUT2D eigenvalue weighted by molar-refractivity contribution is 6.32. The van der Waals surface area contributed by atoms with Gasteiger partial charge in [0.15, 0.2) is 0 Å². The predicted molar refractivity (Wildman–Crippen MR) is 86.1 cm³/mol. The van der Waals surface area contributed by atoms with Crippen molar-refractivity contribution in [1.82, 2.24) is 0 Å². The van der Waals surface area contributed by atoms with Crippen molar-refractivity contribution in [3.63, 3.8) is 0 Å². The molecule has 0 bridgehead atoms. The largest absolute Gasteiger partial charge is 0.492 e. The number of cyclic esters (lactones) is 2. The molecule has 124 valence electrons. The highest BCUT2D eigenvalue weighted by atomic mass is 35.5. The van der Waals surface area contributed by atoms with Gasteiger partial charge in [0.2, 0.25) is 0 Å². The lowest BCUT2D eigenvalue weighted by atomic mass is 10.1. The monoisotopic (exact) mass is 338 g/mol. The standard InChI is InChI=1S/C17H19ClO5/c1-4-5-8-21-14-7-6-11(10-13(14)18)9-12-15(19)22-17(2,3)23-16(12)20/h6-7,9-10H,4-5,8H2,1-3H3. The van der Waals surface area contributed by atoms with Crippen LogP contribution in [0.3, 0.4) is 0 Å². The van der Waals surface area contributed by atoms with E-state index in [9.17, 15) is 9.59 Å². The van der Waals surface area contributed by atoms with E-state index in [0.717, 1.165) is 12.8 Å². The summed E-state index contributed by atoms with van der Waals surface area (Å²) < 4.78 is 15.6. The van der Waals surface area contributed by atoms with E-state index in [-0.39, 0.29) is 5.57 Å². The maximum absolute atomic E-state index is 11.9. The second-order valence-electron chi connectivity index (χ2n) is 5.63. The molecule has 1 aliphatic heterocycles. The molecule has 0 radical (unpaired) electrons. The number of unbranched alkanes of at least 4 members (excludes halogenated alkanes) is 1. The third-order valence-electron chi connectivity index (χ3n) is 3.14. The lowest BCUT2D eigenvalue weighted by Crippen LogP contribution is -2.41. The van der Waals surface area contributed by atoms with Crippen molar-refractivity contribution >= 4 is 29.6 Å². The molecule has 2 rings (SSSR count). The smallest absolute Gasteiger partial charge is 0.348 e. The van der Waals surface area contributed by atoms with Crippen molar-refractivity contribution in [1.29, 1.82) is 0 Å². The van der Waals surface area contributed by atoms with E-state index in [1.807, 2.05) is 0 Å². The molecule has 0 saturated carbocycles. The Morgan fingerprint density at radius 1 is 1.22 bits per heavy atom. The van der Waals surface area contributed by atoms with Gasteiger partial charge >= 0.3 is 11.9 Å². The number of carbonyl (C=O) groups is 2. The maximum Gasteiger partial charge on any atom is 0.348 e. The molecule has 1 fully saturated rings. The molecular weight excluding hydrogens is 320 g/mol. The quantitative estimate of drug-likeness (QED) is 0.354. The summed E-state index contributed by atoms with van der Waals surface area (Å²) in [5, 5.41) is 0.410. The number of esters is 2. The first kappa shape index (κ1) is 17.3. The van der Waals surface area contributed by atoms with Crippen LogP contribution in [0.15, 0.2) is 23.8 Å². The van der Waals surface area contributed by atoms with Gasteiger partial charge in [-0.15, -0.1) is 0 Å². The van der Waals surface area contributed by atoms with Crippen LogP contribution in [0.2, 0.25) is 5.02 Å². The van der Waals surface area contributed by atoms with Crippen molar-refractivity contribution in [3.8, 4) is 5.75 Å². The fraction of sp³-hybridized carbons (Fsp3) is 0.412. The first-order chi connectivity index (χ1) is 10.8. The molecule has 5 nitrogen and oxygen atoms in total. The number of rotatable bonds is 5. The van der Waals surface area contributed by atoms with Crippen molar-refractivity contribution < 1.29 is 23.8 Å². The number of hydrogen-bond acceptors (Lipinski definition) is 5. The van der Waals surface area contributed by atoms with Crippen LogP contribution < -0.4 is 4.74 Å². The fourth-order valence-corrected chi connectivity index (χ4v) is 2.24. The zero-order chi connectivity index (χ0) is 17.0. The Balaban J connectivity index is 2.18. The van der Waals surface area contributed by atoms with Crippen molar-refractivity contribution in [3.05, 3.63) is 34.4 Å². The zero-order valence-corrected chi connectivity index (χ0v) is 14.1. The number of halogens is 1. The van der Waals surface area contributed by atoms with E-state index in [2.05, 4.69) is 6.92 Å². The Kier molecular flexibility index (Phi) is 5.31. The molecular formula is C17H19ClO5. The van der Waals surface area contributed by atoms with E-state index in [1.165, 1.54) is 19.9 Å². The molecule has 1 heterocycles. The Hall–Kier alpha value is -2.01. The molecule has 1 aliphatic rings. The lowest BCUT2D eigenvalue weighted by Gasteiger charge is -2.29. The van der Waals surface area contributed by atoms with Crippen LogP contribution in [-0.4, -0.2) is 24.3 Å². The van der Waals surface area contributed by atoms with Crippen molar-refractivity contribution in [2.45, 2.75) is 39.4 Å². The number of ether oxygens (including phenoxy) is 3. The maximum atomic E-state index is 11.9. The minimum absolute atomic E-state index is 0.167. The van der Waals surface area contributed by atoms with Gasteiger partial charge in [0.05, 0.1) is 11.6 Å². The van der Waals surface area contributed by atoms with Gasteiger partial charge in [-0.25, -0.2) is 9.59 Å². The van der Waals surface area contributed by atoms with Gasteiger partial charge in [0.1, 0.15) is 11.3 Å². The summed E-state index contributed by atoms with van der Waals surface area (Å²) in [6.07, 6.45) is 3.36. The molecule has 6 heteroatoms. The Bertz CT molecular complexity index is 626. The van der Waals surface area contributed by atoms with Crippen LogP contribution >= 0.6 is 11.6 Å². The summed E-state index contributed by atoms with van der Waals surface area (Å²) in [4.78, 5) is 23.8. The fourth-order valence-electron chi connectivity index (χ4n) is 2.00. The first-order valence-corrected chi connectivity index (χ1v) is 7.81. The normalized spacial score (nSPS) is 16.6. The molecule has 0 unspecified atom stereocenters. The molecule has 1 saturated heterocycles. The van der Waals surface area contributed by atoms with Crippen molar-refractivity contribution in [2.75, 3.05) is 6.61 Å². The second-order valence-corrected chi connectivity index (χ2v) is 6.04. The van der Waals surface area contributed by atoms with Crippen LogP contribution in [0.1, 0.15) is 39.2 Å². The molecule has 0 aromatic heterocycles. The summed E-state index contributed by atoms with van der Waals surface area (Å²) >= 11 is 6.16. The molecule has 0 atom stereocenters. The predicted octanol–water partition coefficient (Wildman–Crippen LogP) is 3.74. The molecule has 0 spiro atoms. The minimum atomic E-state index is -1.25. The van der Waals surface area contributed by atoms with E-state index in [0.29, 0.717) is 22.9 Å². The minimum Gasteiger partial charge on any atom is -0.492 e. The van der Waals surface area contributed by atoms with Crippen molar-refractivity contribution in [2.24, 2.45) is 0 Å². The highest BCUT2D eigenvalue weighted by Crippen LogP contribution is 2.28. The number of benzene rings is 1. The van der Waals surface area contributed by atoms with Crippen LogP contribution in [0.5, 0.6) is 5.75 Å². The second kappa shape index (κ2) is 7.04.